The van der Waals surface area contributed by atoms with Crippen molar-refractivity contribution in [1.29, 1.82) is 0 Å². The maximum atomic E-state index is 12.3. The Morgan fingerprint density at radius 3 is 2.50 bits per heavy atom. The van der Waals surface area contributed by atoms with Gasteiger partial charge in [0.1, 0.15) is 0 Å². The summed E-state index contributed by atoms with van der Waals surface area (Å²) in [5, 5.41) is 0. The second kappa shape index (κ2) is 4.94. The summed E-state index contributed by atoms with van der Waals surface area (Å²) in [6.07, 6.45) is 2.69. The molecule has 96 valence electrons. The molecule has 1 aliphatic heterocycles. The standard InChI is InChI=1S/C14H18N2OS/c17-14(11-2-1-3-13(18)10-11)16-8-6-15(7-9-16)12-4-5-12/h1-3,10,12,18H,4-9H2. The minimum absolute atomic E-state index is 0.140. The van der Waals surface area contributed by atoms with E-state index in [1.807, 2.05) is 29.2 Å². The van der Waals surface area contributed by atoms with Crippen LogP contribution in [0.3, 0.4) is 0 Å². The van der Waals surface area contributed by atoms with Crippen molar-refractivity contribution in [3.8, 4) is 0 Å². The fraction of sp³-hybridized carbons (Fsp3) is 0.500. The van der Waals surface area contributed by atoms with Crippen molar-refractivity contribution < 1.29 is 4.79 Å². The van der Waals surface area contributed by atoms with Crippen LogP contribution < -0.4 is 0 Å². The van der Waals surface area contributed by atoms with E-state index in [-0.39, 0.29) is 5.91 Å². The molecule has 2 aliphatic rings. The molecule has 0 spiro atoms. The van der Waals surface area contributed by atoms with Crippen molar-refractivity contribution in [2.45, 2.75) is 23.8 Å². The van der Waals surface area contributed by atoms with Gasteiger partial charge in [0.25, 0.3) is 5.91 Å². The molecular weight excluding hydrogens is 244 g/mol. The molecular formula is C14H18N2OS. The smallest absolute Gasteiger partial charge is 0.253 e. The second-order valence-corrected chi connectivity index (χ2v) is 5.63. The summed E-state index contributed by atoms with van der Waals surface area (Å²) in [5.41, 5.74) is 0.752. The lowest BCUT2D eigenvalue weighted by Gasteiger charge is -2.34. The van der Waals surface area contributed by atoms with Gasteiger partial charge in [-0.2, -0.15) is 0 Å². The van der Waals surface area contributed by atoms with Gasteiger partial charge in [-0.15, -0.1) is 12.6 Å². The first kappa shape index (κ1) is 12.1. The summed E-state index contributed by atoms with van der Waals surface area (Å²) in [4.78, 5) is 17.6. The van der Waals surface area contributed by atoms with E-state index in [1.165, 1.54) is 12.8 Å². The second-order valence-electron chi connectivity index (χ2n) is 5.11. The third kappa shape index (κ3) is 2.54. The van der Waals surface area contributed by atoms with Gasteiger partial charge in [-0.1, -0.05) is 6.07 Å². The predicted molar refractivity (Wildman–Crippen MR) is 74.2 cm³/mol. The number of piperazine rings is 1. The molecule has 0 bridgehead atoms. The zero-order chi connectivity index (χ0) is 12.5. The molecule has 0 aromatic heterocycles. The van der Waals surface area contributed by atoms with Crippen LogP contribution in [0.4, 0.5) is 0 Å². The molecule has 1 amide bonds. The number of carbonyl (C=O) groups excluding carboxylic acids is 1. The van der Waals surface area contributed by atoms with Crippen molar-refractivity contribution >= 4 is 18.5 Å². The Bertz CT molecular complexity index is 451. The highest BCUT2D eigenvalue weighted by molar-refractivity contribution is 7.80. The molecule has 0 atom stereocenters. The predicted octanol–water partition coefficient (Wildman–Crippen LogP) is 1.90. The Balaban J connectivity index is 1.63. The van der Waals surface area contributed by atoms with Gasteiger partial charge >= 0.3 is 0 Å². The molecule has 0 unspecified atom stereocenters. The topological polar surface area (TPSA) is 23.6 Å². The van der Waals surface area contributed by atoms with Crippen LogP contribution in [0.1, 0.15) is 23.2 Å². The lowest BCUT2D eigenvalue weighted by molar-refractivity contribution is 0.0627. The van der Waals surface area contributed by atoms with Crippen LogP contribution >= 0.6 is 12.6 Å². The van der Waals surface area contributed by atoms with Crippen LogP contribution in [0.5, 0.6) is 0 Å². The Morgan fingerprint density at radius 2 is 1.89 bits per heavy atom. The average Bonchev–Trinajstić information content (AvgIpc) is 3.22. The van der Waals surface area contributed by atoms with Gasteiger partial charge < -0.3 is 4.90 Å². The molecule has 1 aliphatic carbocycles. The third-order valence-electron chi connectivity index (χ3n) is 3.76. The van der Waals surface area contributed by atoms with E-state index in [0.717, 1.165) is 42.7 Å². The minimum atomic E-state index is 0.140. The van der Waals surface area contributed by atoms with Crippen LogP contribution in [0.15, 0.2) is 29.2 Å². The lowest BCUT2D eigenvalue weighted by atomic mass is 10.2. The van der Waals surface area contributed by atoms with Crippen LogP contribution in [0.2, 0.25) is 0 Å². The van der Waals surface area contributed by atoms with E-state index in [1.54, 1.807) is 0 Å². The SMILES string of the molecule is O=C(c1cccc(S)c1)N1CCN(C2CC2)CC1. The Kier molecular flexibility index (Phi) is 3.31. The number of hydrogen-bond acceptors (Lipinski definition) is 3. The van der Waals surface area contributed by atoms with Gasteiger partial charge in [0.15, 0.2) is 0 Å². The summed E-state index contributed by atoms with van der Waals surface area (Å²) in [5.74, 6) is 0.140. The summed E-state index contributed by atoms with van der Waals surface area (Å²) in [6, 6.07) is 8.30. The zero-order valence-electron chi connectivity index (χ0n) is 10.4. The maximum Gasteiger partial charge on any atom is 0.253 e. The summed E-state index contributed by atoms with van der Waals surface area (Å²) in [7, 11) is 0. The molecule has 1 aromatic rings. The minimum Gasteiger partial charge on any atom is -0.336 e. The van der Waals surface area contributed by atoms with Gasteiger partial charge in [0.05, 0.1) is 0 Å². The third-order valence-corrected chi connectivity index (χ3v) is 4.04. The number of rotatable bonds is 2. The Labute approximate surface area is 113 Å². The van der Waals surface area contributed by atoms with Crippen molar-refractivity contribution in [3.63, 3.8) is 0 Å². The number of amides is 1. The fourth-order valence-corrected chi connectivity index (χ4v) is 2.78. The number of benzene rings is 1. The molecule has 1 heterocycles. The highest BCUT2D eigenvalue weighted by atomic mass is 32.1. The van der Waals surface area contributed by atoms with E-state index >= 15 is 0 Å². The van der Waals surface area contributed by atoms with Crippen LogP contribution in [-0.2, 0) is 0 Å². The van der Waals surface area contributed by atoms with Gasteiger partial charge in [-0.05, 0) is 31.0 Å². The summed E-state index contributed by atoms with van der Waals surface area (Å²) >= 11 is 4.28. The number of nitrogens with zero attached hydrogens (tertiary/aromatic N) is 2. The fourth-order valence-electron chi connectivity index (χ4n) is 2.55. The molecule has 0 radical (unpaired) electrons. The lowest BCUT2D eigenvalue weighted by Crippen LogP contribution is -2.49. The molecule has 2 fully saturated rings. The quantitative estimate of drug-likeness (QED) is 0.823. The van der Waals surface area contributed by atoms with Crippen molar-refractivity contribution in [1.82, 2.24) is 9.80 Å². The molecule has 3 rings (SSSR count). The normalized spacial score (nSPS) is 21.1. The molecule has 0 N–H and O–H groups in total. The van der Waals surface area contributed by atoms with E-state index in [9.17, 15) is 4.79 Å². The van der Waals surface area contributed by atoms with Gasteiger partial charge in [-0.25, -0.2) is 0 Å². The van der Waals surface area contributed by atoms with E-state index in [0.29, 0.717) is 0 Å². The van der Waals surface area contributed by atoms with Crippen molar-refractivity contribution in [2.24, 2.45) is 0 Å². The van der Waals surface area contributed by atoms with Gasteiger partial charge in [0, 0.05) is 42.7 Å². The summed E-state index contributed by atoms with van der Waals surface area (Å²) < 4.78 is 0. The Hall–Kier alpha value is -1.00. The van der Waals surface area contributed by atoms with E-state index in [2.05, 4.69) is 17.5 Å². The van der Waals surface area contributed by atoms with Crippen LogP contribution in [0.25, 0.3) is 0 Å². The van der Waals surface area contributed by atoms with Gasteiger partial charge in [0.2, 0.25) is 0 Å². The molecule has 1 saturated heterocycles. The highest BCUT2D eigenvalue weighted by Gasteiger charge is 2.32. The van der Waals surface area contributed by atoms with Gasteiger partial charge in [-0.3, -0.25) is 9.69 Å². The van der Waals surface area contributed by atoms with Crippen LogP contribution in [-0.4, -0.2) is 47.9 Å². The first-order valence-electron chi connectivity index (χ1n) is 6.56. The molecule has 1 aromatic carbocycles. The number of thiol groups is 1. The maximum absolute atomic E-state index is 12.3. The van der Waals surface area contributed by atoms with Crippen LogP contribution in [0, 0.1) is 0 Å². The summed E-state index contributed by atoms with van der Waals surface area (Å²) in [6.45, 7) is 3.76. The Morgan fingerprint density at radius 1 is 1.17 bits per heavy atom. The molecule has 1 saturated carbocycles. The zero-order valence-corrected chi connectivity index (χ0v) is 11.3. The number of hydrogen-bond donors (Lipinski definition) is 1. The first-order valence-corrected chi connectivity index (χ1v) is 7.01. The van der Waals surface area contributed by atoms with Crippen molar-refractivity contribution in [2.75, 3.05) is 26.2 Å². The van der Waals surface area contributed by atoms with E-state index < -0.39 is 0 Å². The first-order chi connectivity index (χ1) is 8.74. The molecule has 3 nitrogen and oxygen atoms in total. The number of carbonyl (C=O) groups is 1. The largest absolute Gasteiger partial charge is 0.336 e. The molecule has 4 heteroatoms. The monoisotopic (exact) mass is 262 g/mol. The molecule has 18 heavy (non-hydrogen) atoms. The highest BCUT2D eigenvalue weighted by Crippen LogP contribution is 2.27. The van der Waals surface area contributed by atoms with Crippen molar-refractivity contribution in [3.05, 3.63) is 29.8 Å². The average molecular weight is 262 g/mol. The van der Waals surface area contributed by atoms with E-state index in [4.69, 9.17) is 0 Å².